The van der Waals surface area contributed by atoms with Crippen molar-refractivity contribution in [1.82, 2.24) is 9.97 Å². The second-order valence-electron chi connectivity index (χ2n) is 4.54. The van der Waals surface area contributed by atoms with Gasteiger partial charge in [0.05, 0.1) is 0 Å². The largest absolute Gasteiger partial charge is 0.373 e. The molecular formula is C14H26N4. The maximum Gasteiger partial charge on any atom is 0.133 e. The van der Waals surface area contributed by atoms with Gasteiger partial charge in [0.1, 0.15) is 17.5 Å². The van der Waals surface area contributed by atoms with E-state index in [0.29, 0.717) is 0 Å². The number of aromatic nitrogens is 2. The normalized spacial score (nSPS) is 10.4. The highest BCUT2D eigenvalue weighted by Gasteiger charge is 2.02. The number of nitrogens with one attached hydrogen (secondary N) is 2. The highest BCUT2D eigenvalue weighted by atomic mass is 15.1. The van der Waals surface area contributed by atoms with Crippen molar-refractivity contribution in [3.8, 4) is 0 Å². The SMILES string of the molecule is CCCCCCNc1cc(NC)nc(CCC)n1. The fourth-order valence-corrected chi connectivity index (χ4v) is 1.82. The molecule has 0 aromatic carbocycles. The summed E-state index contributed by atoms with van der Waals surface area (Å²) in [7, 11) is 1.89. The third-order valence-corrected chi connectivity index (χ3v) is 2.84. The van der Waals surface area contributed by atoms with Crippen molar-refractivity contribution in [2.24, 2.45) is 0 Å². The molecule has 1 heterocycles. The standard InChI is InChI=1S/C14H26N4/c1-4-6-7-8-10-16-14-11-13(15-3)17-12(18-14)9-5-2/h11H,4-10H2,1-3H3,(H2,15,16,17,18). The predicted octanol–water partition coefficient (Wildman–Crippen LogP) is 3.46. The lowest BCUT2D eigenvalue weighted by atomic mass is 10.2. The van der Waals surface area contributed by atoms with Gasteiger partial charge in [0.2, 0.25) is 0 Å². The number of aryl methyl sites for hydroxylation is 1. The van der Waals surface area contributed by atoms with Crippen LogP contribution in [-0.4, -0.2) is 23.6 Å². The van der Waals surface area contributed by atoms with Gasteiger partial charge < -0.3 is 10.6 Å². The molecule has 0 radical (unpaired) electrons. The first-order valence-corrected chi connectivity index (χ1v) is 7.09. The lowest BCUT2D eigenvalue weighted by Gasteiger charge is -2.09. The quantitative estimate of drug-likeness (QED) is 0.659. The van der Waals surface area contributed by atoms with Gasteiger partial charge in [-0.25, -0.2) is 9.97 Å². The Balaban J connectivity index is 2.50. The number of nitrogens with zero attached hydrogens (tertiary/aromatic N) is 2. The van der Waals surface area contributed by atoms with Gasteiger partial charge in [-0.1, -0.05) is 33.1 Å². The summed E-state index contributed by atoms with van der Waals surface area (Å²) in [5.41, 5.74) is 0. The molecule has 0 aliphatic rings. The second kappa shape index (κ2) is 8.72. The maximum absolute atomic E-state index is 4.53. The smallest absolute Gasteiger partial charge is 0.133 e. The van der Waals surface area contributed by atoms with Gasteiger partial charge in [-0.15, -0.1) is 0 Å². The number of rotatable bonds is 9. The van der Waals surface area contributed by atoms with Crippen molar-refractivity contribution in [3.63, 3.8) is 0 Å². The number of unbranched alkanes of at least 4 members (excludes halogenated alkanes) is 3. The molecule has 1 aromatic heterocycles. The Morgan fingerprint density at radius 3 is 2.44 bits per heavy atom. The van der Waals surface area contributed by atoms with Crippen LogP contribution in [0.2, 0.25) is 0 Å². The van der Waals surface area contributed by atoms with E-state index in [9.17, 15) is 0 Å². The Morgan fingerprint density at radius 1 is 1.00 bits per heavy atom. The Bertz CT molecular complexity index is 339. The molecule has 0 saturated heterocycles. The lowest BCUT2D eigenvalue weighted by molar-refractivity contribution is 0.684. The second-order valence-corrected chi connectivity index (χ2v) is 4.54. The zero-order valence-electron chi connectivity index (χ0n) is 11.9. The molecule has 102 valence electrons. The highest BCUT2D eigenvalue weighted by molar-refractivity contribution is 5.47. The van der Waals surface area contributed by atoms with Gasteiger partial charge in [-0.2, -0.15) is 0 Å². The summed E-state index contributed by atoms with van der Waals surface area (Å²) in [4.78, 5) is 8.96. The third-order valence-electron chi connectivity index (χ3n) is 2.84. The van der Waals surface area contributed by atoms with Crippen molar-refractivity contribution >= 4 is 11.6 Å². The van der Waals surface area contributed by atoms with E-state index in [4.69, 9.17) is 0 Å². The predicted molar refractivity (Wildman–Crippen MR) is 78.2 cm³/mol. The molecule has 1 rings (SSSR count). The van der Waals surface area contributed by atoms with Crippen LogP contribution in [-0.2, 0) is 6.42 Å². The first-order valence-electron chi connectivity index (χ1n) is 7.09. The van der Waals surface area contributed by atoms with Crippen LogP contribution in [0.1, 0.15) is 51.8 Å². The van der Waals surface area contributed by atoms with Crippen LogP contribution >= 0.6 is 0 Å². The average molecular weight is 250 g/mol. The molecule has 0 atom stereocenters. The summed E-state index contributed by atoms with van der Waals surface area (Å²) in [5, 5.41) is 6.47. The first kappa shape index (κ1) is 14.7. The van der Waals surface area contributed by atoms with Gasteiger partial charge in [-0.05, 0) is 12.8 Å². The van der Waals surface area contributed by atoms with E-state index in [-0.39, 0.29) is 0 Å². The zero-order chi connectivity index (χ0) is 13.2. The summed E-state index contributed by atoms with van der Waals surface area (Å²) in [6.45, 7) is 5.37. The highest BCUT2D eigenvalue weighted by Crippen LogP contribution is 2.12. The number of hydrogen-bond donors (Lipinski definition) is 2. The van der Waals surface area contributed by atoms with E-state index in [2.05, 4.69) is 34.4 Å². The van der Waals surface area contributed by atoms with Crippen molar-refractivity contribution in [3.05, 3.63) is 11.9 Å². The molecule has 1 aromatic rings. The minimum atomic E-state index is 0.893. The maximum atomic E-state index is 4.53. The van der Waals surface area contributed by atoms with E-state index in [1.807, 2.05) is 13.1 Å². The van der Waals surface area contributed by atoms with Crippen molar-refractivity contribution in [2.75, 3.05) is 24.2 Å². The zero-order valence-corrected chi connectivity index (χ0v) is 11.9. The van der Waals surface area contributed by atoms with Crippen molar-refractivity contribution in [1.29, 1.82) is 0 Å². The van der Waals surface area contributed by atoms with Crippen LogP contribution in [0.25, 0.3) is 0 Å². The minimum absolute atomic E-state index is 0.893. The van der Waals surface area contributed by atoms with Crippen molar-refractivity contribution < 1.29 is 0 Å². The molecule has 0 aliphatic heterocycles. The molecular weight excluding hydrogens is 224 g/mol. The molecule has 0 amide bonds. The van der Waals surface area contributed by atoms with Gasteiger partial charge in [0, 0.05) is 26.1 Å². The molecule has 2 N–H and O–H groups in total. The Hall–Kier alpha value is -1.32. The summed E-state index contributed by atoms with van der Waals surface area (Å²) < 4.78 is 0. The number of hydrogen-bond acceptors (Lipinski definition) is 4. The van der Waals surface area contributed by atoms with E-state index >= 15 is 0 Å². The van der Waals surface area contributed by atoms with Gasteiger partial charge in [-0.3, -0.25) is 0 Å². The van der Waals surface area contributed by atoms with Crippen LogP contribution in [0.4, 0.5) is 11.6 Å². The van der Waals surface area contributed by atoms with E-state index in [0.717, 1.165) is 36.8 Å². The summed E-state index contributed by atoms with van der Waals surface area (Å²) in [6.07, 6.45) is 7.08. The molecule has 0 aliphatic carbocycles. The molecule has 0 saturated carbocycles. The Morgan fingerprint density at radius 2 is 1.78 bits per heavy atom. The van der Waals surface area contributed by atoms with Gasteiger partial charge >= 0.3 is 0 Å². The molecule has 18 heavy (non-hydrogen) atoms. The molecule has 4 nitrogen and oxygen atoms in total. The van der Waals surface area contributed by atoms with Crippen LogP contribution in [0.5, 0.6) is 0 Å². The number of anilines is 2. The van der Waals surface area contributed by atoms with Crippen LogP contribution in [0.15, 0.2) is 6.07 Å². The van der Waals surface area contributed by atoms with E-state index in [1.54, 1.807) is 0 Å². The topological polar surface area (TPSA) is 49.8 Å². The molecule has 0 fully saturated rings. The Kier molecular flexibility index (Phi) is 7.14. The third kappa shape index (κ3) is 5.34. The average Bonchev–Trinajstić information content (AvgIpc) is 2.38. The molecule has 4 heteroatoms. The summed E-state index contributed by atoms with van der Waals surface area (Å²) in [6, 6.07) is 1.97. The molecule has 0 spiro atoms. The minimum Gasteiger partial charge on any atom is -0.373 e. The summed E-state index contributed by atoms with van der Waals surface area (Å²) in [5.74, 6) is 2.75. The van der Waals surface area contributed by atoms with Crippen molar-refractivity contribution in [2.45, 2.75) is 52.4 Å². The first-order chi connectivity index (χ1) is 8.80. The van der Waals surface area contributed by atoms with Crippen LogP contribution < -0.4 is 10.6 Å². The lowest BCUT2D eigenvalue weighted by Crippen LogP contribution is -2.07. The monoisotopic (exact) mass is 250 g/mol. The summed E-state index contributed by atoms with van der Waals surface area (Å²) >= 11 is 0. The van der Waals surface area contributed by atoms with Crippen LogP contribution in [0.3, 0.4) is 0 Å². The molecule has 0 unspecified atom stereocenters. The van der Waals surface area contributed by atoms with Gasteiger partial charge in [0.15, 0.2) is 0 Å². The fraction of sp³-hybridized carbons (Fsp3) is 0.714. The molecule has 0 bridgehead atoms. The van der Waals surface area contributed by atoms with E-state index < -0.39 is 0 Å². The van der Waals surface area contributed by atoms with Crippen LogP contribution in [0, 0.1) is 0 Å². The fourth-order valence-electron chi connectivity index (χ4n) is 1.82. The van der Waals surface area contributed by atoms with Gasteiger partial charge in [0.25, 0.3) is 0 Å². The van der Waals surface area contributed by atoms with E-state index in [1.165, 1.54) is 25.7 Å². The Labute approximate surface area is 111 Å².